The van der Waals surface area contributed by atoms with E-state index < -0.39 is 0 Å². The summed E-state index contributed by atoms with van der Waals surface area (Å²) in [5.41, 5.74) is 1.30. The fourth-order valence-electron chi connectivity index (χ4n) is 2.34. The molecule has 0 spiro atoms. The molecule has 0 amide bonds. The summed E-state index contributed by atoms with van der Waals surface area (Å²) in [6.45, 7) is 5.92. The summed E-state index contributed by atoms with van der Waals surface area (Å²) in [5, 5.41) is 0. The van der Waals surface area contributed by atoms with E-state index in [2.05, 4.69) is 29.2 Å². The zero-order valence-corrected chi connectivity index (χ0v) is 12.5. The number of carbonyl (C=O) groups is 1. The molecule has 2 rings (SSSR count). The Kier molecular flexibility index (Phi) is 6.66. The topological polar surface area (TPSA) is 48.0 Å². The van der Waals surface area contributed by atoms with E-state index in [1.165, 1.54) is 5.56 Å². The first kappa shape index (κ1) is 15.9. The Labute approximate surface area is 125 Å². The monoisotopic (exact) mass is 293 g/mol. The van der Waals surface area contributed by atoms with Gasteiger partial charge in [-0.3, -0.25) is 4.90 Å². The molecule has 1 saturated heterocycles. The van der Waals surface area contributed by atoms with Crippen LogP contribution in [0, 0.1) is 0 Å². The van der Waals surface area contributed by atoms with Crippen molar-refractivity contribution in [1.82, 2.24) is 4.90 Å². The molecule has 0 radical (unpaired) electrons. The normalized spacial score (nSPS) is 19.4. The van der Waals surface area contributed by atoms with Gasteiger partial charge in [-0.2, -0.15) is 0 Å². The maximum atomic E-state index is 11.2. The van der Waals surface area contributed by atoms with Gasteiger partial charge in [-0.05, 0) is 12.5 Å². The number of hydrogen-bond donors (Lipinski definition) is 0. The smallest absolute Gasteiger partial charge is 0.332 e. The standard InChI is InChI=1S/C16H23NO4/c1-2-20-16(18)13-19-12-15-11-17(8-9-21-15)10-14-6-4-3-5-7-14/h3-7,15H,2,8-13H2,1H3. The minimum atomic E-state index is -0.325. The summed E-state index contributed by atoms with van der Waals surface area (Å²) in [4.78, 5) is 13.5. The lowest BCUT2D eigenvalue weighted by Gasteiger charge is -2.32. The zero-order valence-electron chi connectivity index (χ0n) is 12.5. The molecule has 1 aliphatic heterocycles. The van der Waals surface area contributed by atoms with Gasteiger partial charge in [0.15, 0.2) is 0 Å². The molecule has 0 N–H and O–H groups in total. The average molecular weight is 293 g/mol. The number of carbonyl (C=O) groups excluding carboxylic acids is 1. The number of ether oxygens (including phenoxy) is 3. The molecule has 0 saturated carbocycles. The summed E-state index contributed by atoms with van der Waals surface area (Å²) in [7, 11) is 0. The highest BCUT2D eigenvalue weighted by Crippen LogP contribution is 2.10. The Morgan fingerprint density at radius 3 is 2.95 bits per heavy atom. The SMILES string of the molecule is CCOC(=O)COCC1CN(Cc2ccccc2)CCO1. The minimum Gasteiger partial charge on any atom is -0.464 e. The zero-order chi connectivity index (χ0) is 14.9. The fraction of sp³-hybridized carbons (Fsp3) is 0.562. The van der Waals surface area contributed by atoms with Crippen LogP contribution in [0.1, 0.15) is 12.5 Å². The van der Waals surface area contributed by atoms with E-state index in [-0.39, 0.29) is 18.7 Å². The van der Waals surface area contributed by atoms with Crippen molar-refractivity contribution in [2.45, 2.75) is 19.6 Å². The van der Waals surface area contributed by atoms with E-state index in [9.17, 15) is 4.79 Å². The summed E-state index contributed by atoms with van der Waals surface area (Å²) in [6, 6.07) is 10.4. The quantitative estimate of drug-likeness (QED) is 0.713. The molecule has 1 aliphatic rings. The van der Waals surface area contributed by atoms with E-state index in [0.29, 0.717) is 19.8 Å². The molecule has 116 valence electrons. The molecule has 0 aliphatic carbocycles. The van der Waals surface area contributed by atoms with Crippen LogP contribution in [-0.2, 0) is 25.5 Å². The van der Waals surface area contributed by atoms with E-state index in [0.717, 1.165) is 19.6 Å². The molecule has 1 fully saturated rings. The number of benzene rings is 1. The minimum absolute atomic E-state index is 0.00755. The Morgan fingerprint density at radius 1 is 1.38 bits per heavy atom. The molecule has 0 bridgehead atoms. The van der Waals surface area contributed by atoms with E-state index >= 15 is 0 Å². The van der Waals surface area contributed by atoms with Gasteiger partial charge in [0.05, 0.1) is 25.9 Å². The molecule has 5 nitrogen and oxygen atoms in total. The number of morpholine rings is 1. The maximum Gasteiger partial charge on any atom is 0.332 e. The number of hydrogen-bond acceptors (Lipinski definition) is 5. The van der Waals surface area contributed by atoms with Gasteiger partial charge in [-0.1, -0.05) is 30.3 Å². The van der Waals surface area contributed by atoms with Crippen molar-refractivity contribution < 1.29 is 19.0 Å². The Hall–Kier alpha value is -1.43. The fourth-order valence-corrected chi connectivity index (χ4v) is 2.34. The second-order valence-electron chi connectivity index (χ2n) is 5.03. The van der Waals surface area contributed by atoms with Gasteiger partial charge in [0.2, 0.25) is 0 Å². The van der Waals surface area contributed by atoms with Gasteiger partial charge in [0.25, 0.3) is 0 Å². The van der Waals surface area contributed by atoms with Crippen LogP contribution in [0.3, 0.4) is 0 Å². The summed E-state index contributed by atoms with van der Waals surface area (Å²) in [5.74, 6) is -0.325. The van der Waals surface area contributed by atoms with Gasteiger partial charge in [-0.25, -0.2) is 4.79 Å². The summed E-state index contributed by atoms with van der Waals surface area (Å²) < 4.78 is 15.8. The van der Waals surface area contributed by atoms with E-state index in [1.807, 2.05) is 6.07 Å². The predicted molar refractivity (Wildman–Crippen MR) is 78.9 cm³/mol. The highest BCUT2D eigenvalue weighted by molar-refractivity contribution is 5.70. The van der Waals surface area contributed by atoms with E-state index in [1.54, 1.807) is 6.92 Å². The lowest BCUT2D eigenvalue weighted by molar-refractivity contribution is -0.151. The van der Waals surface area contributed by atoms with Crippen LogP contribution in [0.2, 0.25) is 0 Å². The van der Waals surface area contributed by atoms with Gasteiger partial charge in [0, 0.05) is 19.6 Å². The highest BCUT2D eigenvalue weighted by atomic mass is 16.6. The highest BCUT2D eigenvalue weighted by Gasteiger charge is 2.21. The molecule has 21 heavy (non-hydrogen) atoms. The molecule has 0 aromatic heterocycles. The maximum absolute atomic E-state index is 11.2. The van der Waals surface area contributed by atoms with Crippen molar-refractivity contribution in [1.29, 1.82) is 0 Å². The summed E-state index contributed by atoms with van der Waals surface area (Å²) >= 11 is 0. The van der Waals surface area contributed by atoms with Crippen LogP contribution in [-0.4, -0.2) is 56.5 Å². The Morgan fingerprint density at radius 2 is 2.19 bits per heavy atom. The number of nitrogens with zero attached hydrogens (tertiary/aromatic N) is 1. The largest absolute Gasteiger partial charge is 0.464 e. The lowest BCUT2D eigenvalue weighted by Crippen LogP contribution is -2.44. The molecule has 1 heterocycles. The second kappa shape index (κ2) is 8.77. The third kappa shape index (κ3) is 5.83. The first-order valence-corrected chi connectivity index (χ1v) is 7.39. The number of rotatable bonds is 7. The molecule has 1 atom stereocenters. The van der Waals surface area contributed by atoms with Gasteiger partial charge in [-0.15, -0.1) is 0 Å². The van der Waals surface area contributed by atoms with Gasteiger partial charge >= 0.3 is 5.97 Å². The van der Waals surface area contributed by atoms with Crippen LogP contribution in [0.4, 0.5) is 0 Å². The van der Waals surface area contributed by atoms with Crippen LogP contribution >= 0.6 is 0 Å². The van der Waals surface area contributed by atoms with Crippen LogP contribution in [0.15, 0.2) is 30.3 Å². The van der Waals surface area contributed by atoms with Gasteiger partial charge < -0.3 is 14.2 Å². The molecular weight excluding hydrogens is 270 g/mol. The second-order valence-corrected chi connectivity index (χ2v) is 5.03. The predicted octanol–water partition coefficient (Wildman–Crippen LogP) is 1.47. The van der Waals surface area contributed by atoms with Crippen molar-refractivity contribution in [3.63, 3.8) is 0 Å². The molecule has 1 unspecified atom stereocenters. The molecule has 1 aromatic carbocycles. The molecule has 1 aromatic rings. The van der Waals surface area contributed by atoms with Crippen LogP contribution < -0.4 is 0 Å². The van der Waals surface area contributed by atoms with E-state index in [4.69, 9.17) is 14.2 Å². The average Bonchev–Trinajstić information content (AvgIpc) is 2.49. The van der Waals surface area contributed by atoms with Crippen molar-refractivity contribution in [2.75, 3.05) is 39.5 Å². The first-order chi connectivity index (χ1) is 10.3. The lowest BCUT2D eigenvalue weighted by atomic mass is 10.2. The molecule has 5 heteroatoms. The third-order valence-electron chi connectivity index (χ3n) is 3.30. The van der Waals surface area contributed by atoms with Crippen molar-refractivity contribution in [3.05, 3.63) is 35.9 Å². The van der Waals surface area contributed by atoms with Crippen LogP contribution in [0.25, 0.3) is 0 Å². The van der Waals surface area contributed by atoms with Gasteiger partial charge in [0.1, 0.15) is 6.61 Å². The van der Waals surface area contributed by atoms with Crippen LogP contribution in [0.5, 0.6) is 0 Å². The molecular formula is C16H23NO4. The summed E-state index contributed by atoms with van der Waals surface area (Å²) in [6.07, 6.45) is 0.0110. The third-order valence-corrected chi connectivity index (χ3v) is 3.30. The van der Waals surface area contributed by atoms with Crippen molar-refractivity contribution in [3.8, 4) is 0 Å². The van der Waals surface area contributed by atoms with Crippen molar-refractivity contribution >= 4 is 5.97 Å². The number of esters is 1. The van der Waals surface area contributed by atoms with Crippen molar-refractivity contribution in [2.24, 2.45) is 0 Å². The Balaban J connectivity index is 1.69. The first-order valence-electron chi connectivity index (χ1n) is 7.39. The Bertz CT molecular complexity index is 424.